The minimum Gasteiger partial charge on any atom is -0.481 e. The van der Waals surface area contributed by atoms with Gasteiger partial charge in [0.1, 0.15) is 5.82 Å². The molecule has 2 atom stereocenters. The molecule has 0 saturated carbocycles. The number of rotatable bonds is 3. The second-order valence-corrected chi connectivity index (χ2v) is 4.79. The van der Waals surface area contributed by atoms with E-state index in [2.05, 4.69) is 5.32 Å². The van der Waals surface area contributed by atoms with Crippen molar-refractivity contribution < 1.29 is 19.1 Å². The highest BCUT2D eigenvalue weighted by Crippen LogP contribution is 2.27. The summed E-state index contributed by atoms with van der Waals surface area (Å²) in [5.74, 6) is -3.84. The van der Waals surface area contributed by atoms with Crippen molar-refractivity contribution in [3.63, 3.8) is 0 Å². The molecule has 1 amide bonds. The molecule has 0 radical (unpaired) electrons. The van der Waals surface area contributed by atoms with Crippen molar-refractivity contribution in [1.82, 2.24) is 0 Å². The number of nitrogens with zero attached hydrogens (tertiary/aromatic N) is 1. The Kier molecular flexibility index (Phi) is 4.33. The molecular weight excluding hydrogens is 275 g/mol. The third-order valence-electron chi connectivity index (χ3n) is 3.44. The van der Waals surface area contributed by atoms with Crippen molar-refractivity contribution in [3.05, 3.63) is 41.7 Å². The van der Waals surface area contributed by atoms with Gasteiger partial charge >= 0.3 is 5.97 Å². The number of nitrogens with one attached hydrogen (secondary N) is 1. The Morgan fingerprint density at radius 1 is 1.29 bits per heavy atom. The van der Waals surface area contributed by atoms with E-state index in [1.54, 1.807) is 18.2 Å². The van der Waals surface area contributed by atoms with E-state index < -0.39 is 29.5 Å². The average Bonchev–Trinajstić information content (AvgIpc) is 2.49. The molecule has 21 heavy (non-hydrogen) atoms. The maximum absolute atomic E-state index is 13.7. The molecule has 1 aliphatic carbocycles. The first-order valence-electron chi connectivity index (χ1n) is 6.41. The number of allylic oxidation sites excluding steroid dienone is 2. The second kappa shape index (κ2) is 6.18. The minimum atomic E-state index is -1.04. The van der Waals surface area contributed by atoms with Crippen molar-refractivity contribution in [3.8, 4) is 6.07 Å². The molecule has 6 heteroatoms. The molecule has 108 valence electrons. The minimum absolute atomic E-state index is 0.0577. The largest absolute Gasteiger partial charge is 0.481 e. The number of carboxylic acid groups (broad SMARTS) is 1. The molecule has 0 spiro atoms. The number of benzene rings is 1. The number of aliphatic carboxylic acids is 1. The molecule has 2 rings (SSSR count). The van der Waals surface area contributed by atoms with Crippen LogP contribution < -0.4 is 5.32 Å². The van der Waals surface area contributed by atoms with Crippen LogP contribution in [0, 0.1) is 29.0 Å². The van der Waals surface area contributed by atoms with E-state index in [0.29, 0.717) is 6.42 Å². The van der Waals surface area contributed by atoms with Crippen LogP contribution in [-0.4, -0.2) is 17.0 Å². The number of hydrogen-bond donors (Lipinski definition) is 2. The van der Waals surface area contributed by atoms with Gasteiger partial charge < -0.3 is 10.4 Å². The lowest BCUT2D eigenvalue weighted by atomic mass is 9.82. The van der Waals surface area contributed by atoms with Gasteiger partial charge in [0.2, 0.25) is 5.91 Å². The van der Waals surface area contributed by atoms with E-state index in [-0.39, 0.29) is 17.7 Å². The van der Waals surface area contributed by atoms with Crippen molar-refractivity contribution in [2.24, 2.45) is 11.8 Å². The van der Waals surface area contributed by atoms with Crippen LogP contribution >= 0.6 is 0 Å². The van der Waals surface area contributed by atoms with Crippen LogP contribution in [0.1, 0.15) is 18.4 Å². The molecule has 0 bridgehead atoms. The van der Waals surface area contributed by atoms with Crippen molar-refractivity contribution in [2.75, 3.05) is 5.32 Å². The van der Waals surface area contributed by atoms with Gasteiger partial charge in [0.15, 0.2) is 0 Å². The van der Waals surface area contributed by atoms with Gasteiger partial charge in [0.05, 0.1) is 29.2 Å². The molecule has 0 heterocycles. The van der Waals surface area contributed by atoms with Gasteiger partial charge in [-0.1, -0.05) is 12.2 Å². The van der Waals surface area contributed by atoms with Crippen LogP contribution in [0.5, 0.6) is 0 Å². The topological polar surface area (TPSA) is 90.2 Å². The molecule has 0 aromatic heterocycles. The Morgan fingerprint density at radius 3 is 2.52 bits per heavy atom. The van der Waals surface area contributed by atoms with Gasteiger partial charge in [-0.05, 0) is 31.0 Å². The molecule has 0 aliphatic heterocycles. The Bertz CT molecular complexity index is 649. The van der Waals surface area contributed by atoms with E-state index in [4.69, 9.17) is 10.4 Å². The van der Waals surface area contributed by atoms with Crippen LogP contribution in [0.25, 0.3) is 0 Å². The fourth-order valence-corrected chi connectivity index (χ4v) is 2.29. The summed E-state index contributed by atoms with van der Waals surface area (Å²) >= 11 is 0. The molecule has 1 aliphatic rings. The van der Waals surface area contributed by atoms with Crippen LogP contribution in [0.15, 0.2) is 30.4 Å². The second-order valence-electron chi connectivity index (χ2n) is 4.79. The molecule has 1 aromatic rings. The summed E-state index contributed by atoms with van der Waals surface area (Å²) in [6, 6.07) is 5.49. The lowest BCUT2D eigenvalue weighted by molar-refractivity contribution is -0.146. The standard InChI is InChI=1S/C15H13FN2O3/c16-12-7-9(8-17)5-6-13(12)18-14(19)10-3-1-2-4-11(10)15(20)21/h1-2,5-7,10-11H,3-4H2,(H,18,19)(H,20,21). The summed E-state index contributed by atoms with van der Waals surface area (Å²) < 4.78 is 13.7. The first kappa shape index (κ1) is 14.7. The molecule has 5 nitrogen and oxygen atoms in total. The number of hydrogen-bond acceptors (Lipinski definition) is 3. The SMILES string of the molecule is N#Cc1ccc(NC(=O)C2CC=CCC2C(=O)O)c(F)c1. The molecule has 2 N–H and O–H groups in total. The predicted octanol–water partition coefficient (Wildman–Crippen LogP) is 2.30. The average molecular weight is 288 g/mol. The van der Waals surface area contributed by atoms with Crippen molar-refractivity contribution in [1.29, 1.82) is 5.26 Å². The number of nitriles is 1. The Labute approximate surface area is 120 Å². The van der Waals surface area contributed by atoms with Crippen LogP contribution in [-0.2, 0) is 9.59 Å². The maximum Gasteiger partial charge on any atom is 0.307 e. The summed E-state index contributed by atoms with van der Waals surface area (Å²) in [5.41, 5.74) is 0.0900. The lowest BCUT2D eigenvalue weighted by Crippen LogP contribution is -2.34. The third-order valence-corrected chi connectivity index (χ3v) is 3.44. The smallest absolute Gasteiger partial charge is 0.307 e. The maximum atomic E-state index is 13.7. The van der Waals surface area contributed by atoms with Crippen LogP contribution in [0.4, 0.5) is 10.1 Å². The highest BCUT2D eigenvalue weighted by Gasteiger charge is 2.34. The summed E-state index contributed by atoms with van der Waals surface area (Å²) in [4.78, 5) is 23.3. The fourth-order valence-electron chi connectivity index (χ4n) is 2.29. The molecule has 0 saturated heterocycles. The van der Waals surface area contributed by atoms with Crippen LogP contribution in [0.2, 0.25) is 0 Å². The quantitative estimate of drug-likeness (QED) is 0.835. The normalized spacial score (nSPS) is 20.6. The summed E-state index contributed by atoms with van der Waals surface area (Å²) in [5, 5.41) is 20.2. The van der Waals surface area contributed by atoms with Gasteiger partial charge in [-0.15, -0.1) is 0 Å². The first-order chi connectivity index (χ1) is 10.0. The van der Waals surface area contributed by atoms with Crippen molar-refractivity contribution >= 4 is 17.6 Å². The predicted molar refractivity (Wildman–Crippen MR) is 72.7 cm³/mol. The number of carboxylic acids is 1. The summed E-state index contributed by atoms with van der Waals surface area (Å²) in [6.45, 7) is 0. The van der Waals surface area contributed by atoms with Gasteiger partial charge in [-0.25, -0.2) is 4.39 Å². The zero-order chi connectivity index (χ0) is 15.4. The van der Waals surface area contributed by atoms with E-state index in [0.717, 1.165) is 6.07 Å². The van der Waals surface area contributed by atoms with E-state index in [1.165, 1.54) is 12.1 Å². The number of anilines is 1. The Hall–Kier alpha value is -2.68. The summed E-state index contributed by atoms with van der Waals surface area (Å²) in [6.07, 6.45) is 4.06. The highest BCUT2D eigenvalue weighted by molar-refractivity contribution is 5.95. The Balaban J connectivity index is 2.16. The van der Waals surface area contributed by atoms with Gasteiger partial charge in [0.25, 0.3) is 0 Å². The molecular formula is C15H13FN2O3. The zero-order valence-corrected chi connectivity index (χ0v) is 11.0. The van der Waals surface area contributed by atoms with Crippen molar-refractivity contribution in [2.45, 2.75) is 12.8 Å². The number of carbonyl (C=O) groups excluding carboxylic acids is 1. The fraction of sp³-hybridized carbons (Fsp3) is 0.267. The number of halogens is 1. The number of carbonyl (C=O) groups is 2. The monoisotopic (exact) mass is 288 g/mol. The van der Waals surface area contributed by atoms with Gasteiger partial charge in [-0.2, -0.15) is 5.26 Å². The van der Waals surface area contributed by atoms with Gasteiger partial charge in [0, 0.05) is 0 Å². The van der Waals surface area contributed by atoms with E-state index >= 15 is 0 Å². The highest BCUT2D eigenvalue weighted by atomic mass is 19.1. The molecule has 2 unspecified atom stereocenters. The first-order valence-corrected chi connectivity index (χ1v) is 6.41. The lowest BCUT2D eigenvalue weighted by Gasteiger charge is -2.24. The third kappa shape index (κ3) is 3.26. The van der Waals surface area contributed by atoms with E-state index in [1.807, 2.05) is 0 Å². The van der Waals surface area contributed by atoms with Crippen LogP contribution in [0.3, 0.4) is 0 Å². The molecule has 0 fully saturated rings. The van der Waals surface area contributed by atoms with Gasteiger partial charge in [-0.3, -0.25) is 9.59 Å². The number of amides is 1. The zero-order valence-electron chi connectivity index (χ0n) is 11.0. The Morgan fingerprint density at radius 2 is 1.95 bits per heavy atom. The summed E-state index contributed by atoms with van der Waals surface area (Å²) in [7, 11) is 0. The molecule has 1 aromatic carbocycles. The van der Waals surface area contributed by atoms with E-state index in [9.17, 15) is 14.0 Å².